The summed E-state index contributed by atoms with van der Waals surface area (Å²) in [6.45, 7) is 1.78. The molecule has 0 heterocycles. The number of hydrogen-bond acceptors (Lipinski definition) is 4. The molecule has 0 aliphatic rings. The summed E-state index contributed by atoms with van der Waals surface area (Å²) in [5.41, 5.74) is 0.729. The van der Waals surface area contributed by atoms with Gasteiger partial charge >= 0.3 is 7.75 Å². The Kier molecular flexibility index (Phi) is 8.00. The first-order chi connectivity index (χ1) is 13.5. The summed E-state index contributed by atoms with van der Waals surface area (Å²) >= 11 is 0. The summed E-state index contributed by atoms with van der Waals surface area (Å²) in [5.74, 6) is 0.852. The van der Waals surface area contributed by atoms with Crippen LogP contribution in [0.3, 0.4) is 0 Å². The van der Waals surface area contributed by atoms with Gasteiger partial charge in [-0.15, -0.1) is 0 Å². The van der Waals surface area contributed by atoms with Crippen LogP contribution >= 0.6 is 7.75 Å². The van der Waals surface area contributed by atoms with E-state index in [4.69, 9.17) is 9.05 Å². The summed E-state index contributed by atoms with van der Waals surface area (Å²) in [6.07, 6.45) is -0.863. The lowest BCUT2D eigenvalue weighted by Gasteiger charge is -2.33. The van der Waals surface area contributed by atoms with Gasteiger partial charge in [-0.05, 0) is 36.8 Å². The Morgan fingerprint density at radius 2 is 1.17 bits per heavy atom. The lowest BCUT2D eigenvalue weighted by molar-refractivity contribution is 0.0967. The number of benzene rings is 3. The van der Waals surface area contributed by atoms with Crippen molar-refractivity contribution < 1.29 is 24.2 Å². The van der Waals surface area contributed by atoms with Gasteiger partial charge in [-0.1, -0.05) is 66.7 Å². The van der Waals surface area contributed by atoms with Crippen molar-refractivity contribution in [3.8, 4) is 11.5 Å². The third kappa shape index (κ3) is 5.68. The molecule has 29 heavy (non-hydrogen) atoms. The summed E-state index contributed by atoms with van der Waals surface area (Å²) in [5, 5.41) is 10.8. The Bertz CT molecular complexity index is 863. The van der Waals surface area contributed by atoms with Gasteiger partial charge in [0.15, 0.2) is 0 Å². The lowest BCUT2D eigenvalue weighted by atomic mass is 10.0. The van der Waals surface area contributed by atoms with Crippen molar-refractivity contribution in [3.05, 3.63) is 96.6 Å². The molecule has 0 spiro atoms. The zero-order chi connectivity index (χ0) is 20.0. The molecule has 0 aliphatic carbocycles. The molecule has 3 rings (SSSR count). The molecule has 0 aromatic heterocycles. The van der Waals surface area contributed by atoms with Gasteiger partial charge in [0, 0.05) is 13.1 Å². The van der Waals surface area contributed by atoms with Crippen LogP contribution < -0.4 is 9.05 Å². The number of nitrogens with zero attached hydrogens (tertiary/aromatic N) is 1. The van der Waals surface area contributed by atoms with E-state index in [1.165, 1.54) is 4.67 Å². The minimum absolute atomic E-state index is 0. The molecule has 2 atom stereocenters. The fraction of sp³-hybridized carbons (Fsp3) is 0.182. The van der Waals surface area contributed by atoms with Crippen LogP contribution in [0.5, 0.6) is 11.5 Å². The minimum atomic E-state index is -3.81. The van der Waals surface area contributed by atoms with Crippen LogP contribution in [0.4, 0.5) is 0 Å². The van der Waals surface area contributed by atoms with Gasteiger partial charge in [0.25, 0.3) is 0 Å². The van der Waals surface area contributed by atoms with Gasteiger partial charge in [-0.25, -0.2) is 4.57 Å². The molecular formula is C22H26NO5P. The first kappa shape index (κ1) is 22.7. The normalized spacial score (nSPS) is 13.2. The van der Waals surface area contributed by atoms with Gasteiger partial charge in [-0.2, -0.15) is 4.67 Å². The summed E-state index contributed by atoms with van der Waals surface area (Å²) in [7, 11) is -2.18. The molecule has 7 heteroatoms. The van der Waals surface area contributed by atoms with Crippen molar-refractivity contribution >= 4 is 7.75 Å². The van der Waals surface area contributed by atoms with E-state index in [0.29, 0.717) is 11.5 Å². The molecule has 0 bridgehead atoms. The maximum absolute atomic E-state index is 13.8. The Hall–Kier alpha value is -2.63. The summed E-state index contributed by atoms with van der Waals surface area (Å²) in [6, 6.07) is 26.5. The van der Waals surface area contributed by atoms with Crippen LogP contribution in [0, 0.1) is 0 Å². The van der Waals surface area contributed by atoms with Gasteiger partial charge in [0.1, 0.15) is 11.5 Å². The van der Waals surface area contributed by atoms with E-state index >= 15 is 0 Å². The third-order valence-corrected chi connectivity index (χ3v) is 6.52. The Morgan fingerprint density at radius 1 is 0.793 bits per heavy atom. The van der Waals surface area contributed by atoms with Crippen LogP contribution in [0.2, 0.25) is 0 Å². The highest BCUT2D eigenvalue weighted by atomic mass is 31.2. The zero-order valence-electron chi connectivity index (χ0n) is 16.4. The van der Waals surface area contributed by atoms with Crippen LogP contribution in [0.25, 0.3) is 0 Å². The van der Waals surface area contributed by atoms with Crippen molar-refractivity contribution in [2.24, 2.45) is 0 Å². The van der Waals surface area contributed by atoms with Crippen LogP contribution in [-0.2, 0) is 4.57 Å². The van der Waals surface area contributed by atoms with E-state index in [1.54, 1.807) is 62.5 Å². The average Bonchev–Trinajstić information content (AvgIpc) is 2.74. The first-order valence-electron chi connectivity index (χ1n) is 9.05. The van der Waals surface area contributed by atoms with Crippen LogP contribution in [0.1, 0.15) is 18.6 Å². The van der Waals surface area contributed by atoms with E-state index in [9.17, 15) is 9.67 Å². The van der Waals surface area contributed by atoms with Gasteiger partial charge in [0.05, 0.1) is 6.10 Å². The number of para-hydroxylation sites is 2. The quantitative estimate of drug-likeness (QED) is 0.548. The fourth-order valence-corrected chi connectivity index (χ4v) is 4.38. The van der Waals surface area contributed by atoms with Crippen molar-refractivity contribution in [2.75, 3.05) is 7.05 Å². The van der Waals surface area contributed by atoms with Gasteiger partial charge < -0.3 is 19.6 Å². The highest BCUT2D eigenvalue weighted by Crippen LogP contribution is 2.53. The molecule has 0 radical (unpaired) electrons. The molecule has 0 amide bonds. The van der Waals surface area contributed by atoms with Crippen molar-refractivity contribution in [2.45, 2.75) is 19.1 Å². The number of hydrogen-bond donors (Lipinski definition) is 1. The molecule has 3 N–H and O–H groups in total. The maximum Gasteiger partial charge on any atom is 0.515 e. The molecule has 3 aromatic rings. The van der Waals surface area contributed by atoms with E-state index in [2.05, 4.69) is 0 Å². The van der Waals surface area contributed by atoms with Gasteiger partial charge in [-0.3, -0.25) is 0 Å². The maximum atomic E-state index is 13.8. The monoisotopic (exact) mass is 415 g/mol. The van der Waals surface area contributed by atoms with Crippen LogP contribution in [-0.4, -0.2) is 28.3 Å². The number of likely N-dealkylation sites (N-methyl/N-ethyl adjacent to an activating group) is 1. The fourth-order valence-electron chi connectivity index (χ4n) is 2.73. The van der Waals surface area contributed by atoms with Crippen molar-refractivity contribution in [1.82, 2.24) is 4.67 Å². The summed E-state index contributed by atoms with van der Waals surface area (Å²) in [4.78, 5) is 0. The van der Waals surface area contributed by atoms with Gasteiger partial charge in [0.2, 0.25) is 0 Å². The van der Waals surface area contributed by atoms with Crippen LogP contribution in [0.15, 0.2) is 91.0 Å². The Morgan fingerprint density at radius 3 is 1.59 bits per heavy atom. The Labute approximate surface area is 171 Å². The molecule has 0 saturated heterocycles. The first-order valence-corrected chi connectivity index (χ1v) is 10.5. The summed E-state index contributed by atoms with van der Waals surface area (Å²) < 4.78 is 26.9. The largest absolute Gasteiger partial charge is 0.515 e. The number of aliphatic hydroxyl groups excluding tert-OH is 1. The van der Waals surface area contributed by atoms with E-state index in [0.717, 1.165) is 5.56 Å². The third-order valence-electron chi connectivity index (χ3n) is 4.50. The van der Waals surface area contributed by atoms with E-state index in [-0.39, 0.29) is 5.48 Å². The van der Waals surface area contributed by atoms with E-state index < -0.39 is 19.9 Å². The second kappa shape index (κ2) is 10.2. The molecule has 154 valence electrons. The predicted molar refractivity (Wildman–Crippen MR) is 114 cm³/mol. The second-order valence-corrected chi connectivity index (χ2v) is 8.38. The zero-order valence-corrected chi connectivity index (χ0v) is 17.3. The Balaban J connectivity index is 0.00000300. The second-order valence-electron chi connectivity index (χ2n) is 6.45. The minimum Gasteiger partial charge on any atom is -0.412 e. The number of aliphatic hydroxyl groups is 1. The molecule has 0 aliphatic heterocycles. The number of rotatable bonds is 8. The highest BCUT2D eigenvalue weighted by molar-refractivity contribution is 7.52. The lowest BCUT2D eigenvalue weighted by Crippen LogP contribution is -2.35. The SMILES string of the molecule is CC(C(O)c1ccccc1)N(C)P(=O)(Oc1ccccc1)Oc1ccccc1.O. The standard InChI is InChI=1S/C22H24NO4P.H2O/c1-18(22(24)19-12-6-3-7-13-19)23(2)28(25,26-20-14-8-4-9-15-20)27-21-16-10-5-11-17-21;/h3-18,22,24H,1-2H3;1H2. The van der Waals surface area contributed by atoms with Crippen molar-refractivity contribution in [1.29, 1.82) is 0 Å². The highest BCUT2D eigenvalue weighted by Gasteiger charge is 2.40. The molecule has 0 saturated carbocycles. The molecule has 6 nitrogen and oxygen atoms in total. The molecule has 0 fully saturated rings. The molecular weight excluding hydrogens is 389 g/mol. The van der Waals surface area contributed by atoms with E-state index in [1.807, 2.05) is 42.5 Å². The topological polar surface area (TPSA) is 90.5 Å². The average molecular weight is 415 g/mol. The predicted octanol–water partition coefficient (Wildman–Crippen LogP) is 4.48. The van der Waals surface area contributed by atoms with Crippen molar-refractivity contribution in [3.63, 3.8) is 0 Å². The molecule has 2 unspecified atom stereocenters. The smallest absolute Gasteiger partial charge is 0.412 e. The molecule has 3 aromatic carbocycles.